The second-order valence-electron chi connectivity index (χ2n) is 16.4. The minimum Gasteiger partial charge on any atom is -0.352 e. The topological polar surface area (TPSA) is 128 Å². The molecule has 1 fully saturated rings. The van der Waals surface area contributed by atoms with Crippen LogP contribution in [0.3, 0.4) is 0 Å². The molecule has 1 aliphatic rings. The second kappa shape index (κ2) is 22.8. The number of ether oxygens (including phenoxy) is 1. The standard InChI is InChI=1S/C40H70N7O5P/c1-12-33-34(52-53(50-23-22-41-11)47(28(4)5)29(6)7)25-36(51-33)46-26-42-37-38(46)44-40(45-39(37)49)43-35(48)24-32(10)21-15-20-31(9)19-14-18-30(8)17-13-16-27(2)3/h26-34,36H,12-25H2,1-10H3,(H2,43,44,45,48,49)/t30?,31?,32?,33-,34-,36-,53?/m1/s1. The van der Waals surface area contributed by atoms with E-state index in [-0.39, 0.29) is 54.1 Å². The maximum absolute atomic E-state index is 13.1. The van der Waals surface area contributed by atoms with E-state index in [2.05, 4.69) is 99.0 Å². The zero-order valence-electron chi connectivity index (χ0n) is 34.4. The number of nitrogens with one attached hydrogen (secondary N) is 2. The number of hydrogen-bond acceptors (Lipinski definition) is 8. The highest BCUT2D eigenvalue weighted by molar-refractivity contribution is 7.44. The Morgan fingerprint density at radius 3 is 2.19 bits per heavy atom. The van der Waals surface area contributed by atoms with Crippen LogP contribution in [0.1, 0.15) is 153 Å². The largest absolute Gasteiger partial charge is 0.352 e. The number of carbonyl (C=O) groups excluding carboxylic acids is 1. The Labute approximate surface area is 320 Å². The predicted octanol–water partition coefficient (Wildman–Crippen LogP) is 9.89. The Morgan fingerprint density at radius 1 is 1.02 bits per heavy atom. The van der Waals surface area contributed by atoms with E-state index in [1.807, 2.05) is 0 Å². The molecule has 13 heteroatoms. The Balaban J connectivity index is 1.56. The molecule has 3 rings (SSSR count). The molecule has 12 nitrogen and oxygen atoms in total. The van der Waals surface area contributed by atoms with Crippen molar-refractivity contribution in [3.8, 4) is 0 Å². The predicted molar refractivity (Wildman–Crippen MR) is 215 cm³/mol. The molecule has 0 saturated carbocycles. The van der Waals surface area contributed by atoms with E-state index in [0.29, 0.717) is 37.4 Å². The molecular formula is C40H70N7O5P. The van der Waals surface area contributed by atoms with Crippen LogP contribution in [0.25, 0.3) is 16.0 Å². The molecule has 53 heavy (non-hydrogen) atoms. The highest BCUT2D eigenvalue weighted by atomic mass is 31.2. The van der Waals surface area contributed by atoms with Gasteiger partial charge in [0.2, 0.25) is 18.4 Å². The van der Waals surface area contributed by atoms with E-state index in [0.717, 1.165) is 24.7 Å². The van der Waals surface area contributed by atoms with Gasteiger partial charge in [-0.05, 0) is 57.8 Å². The number of nitrogens with zero attached hydrogens (tertiary/aromatic N) is 5. The summed E-state index contributed by atoms with van der Waals surface area (Å²) in [5.74, 6) is 2.46. The van der Waals surface area contributed by atoms with E-state index < -0.39 is 20.3 Å². The maximum atomic E-state index is 13.1. The van der Waals surface area contributed by atoms with E-state index in [9.17, 15) is 9.59 Å². The Morgan fingerprint density at radius 2 is 1.62 bits per heavy atom. The van der Waals surface area contributed by atoms with Crippen LogP contribution in [0.2, 0.25) is 0 Å². The lowest BCUT2D eigenvalue weighted by atomic mass is 9.90. The van der Waals surface area contributed by atoms with E-state index in [1.165, 1.54) is 44.9 Å². The van der Waals surface area contributed by atoms with Gasteiger partial charge in [0.1, 0.15) is 12.8 Å². The summed E-state index contributed by atoms with van der Waals surface area (Å²) in [6.07, 6.45) is 13.4. The molecule has 1 saturated heterocycles. The van der Waals surface area contributed by atoms with Crippen molar-refractivity contribution in [1.29, 1.82) is 0 Å². The van der Waals surface area contributed by atoms with Gasteiger partial charge < -0.3 is 18.6 Å². The van der Waals surface area contributed by atoms with Crippen molar-refractivity contribution in [2.24, 2.45) is 23.7 Å². The van der Waals surface area contributed by atoms with Crippen LogP contribution in [0.5, 0.6) is 0 Å². The van der Waals surface area contributed by atoms with Gasteiger partial charge in [0, 0.05) is 24.9 Å². The third-order valence-corrected chi connectivity index (χ3v) is 12.4. The molecule has 1 amide bonds. The van der Waals surface area contributed by atoms with Gasteiger partial charge in [0.15, 0.2) is 11.2 Å². The number of aromatic nitrogens is 4. The van der Waals surface area contributed by atoms with Gasteiger partial charge in [0.05, 0.1) is 18.5 Å². The third-order valence-electron chi connectivity index (χ3n) is 10.3. The minimum atomic E-state index is -1.45. The molecule has 2 aromatic heterocycles. The van der Waals surface area contributed by atoms with Crippen molar-refractivity contribution in [2.45, 2.75) is 177 Å². The van der Waals surface area contributed by atoms with Crippen LogP contribution in [0, 0.1) is 30.2 Å². The summed E-state index contributed by atoms with van der Waals surface area (Å²) in [7, 11) is -1.45. The van der Waals surface area contributed by atoms with E-state index in [1.54, 1.807) is 10.9 Å². The van der Waals surface area contributed by atoms with Gasteiger partial charge in [-0.2, -0.15) is 4.98 Å². The van der Waals surface area contributed by atoms with Gasteiger partial charge in [-0.1, -0.05) is 99.3 Å². The van der Waals surface area contributed by atoms with Crippen LogP contribution >= 0.6 is 8.53 Å². The first-order valence-electron chi connectivity index (χ1n) is 20.4. The molecule has 0 aliphatic carbocycles. The first kappa shape index (κ1) is 45.0. The fourth-order valence-corrected chi connectivity index (χ4v) is 9.09. The summed E-state index contributed by atoms with van der Waals surface area (Å²) in [5, 5.41) is 2.83. The average Bonchev–Trinajstić information content (AvgIpc) is 3.68. The SMILES string of the molecule is [C-]#[N+]CCOP(O[C@@H]1C[C@H](n2cnc3c(=O)[nH]c(NC(=O)CC(C)CCCC(C)CCCC(C)CCCC(C)C)nc32)O[C@@H]1CC)N(C(C)C)C(C)C. The number of hydrogen-bond donors (Lipinski definition) is 2. The summed E-state index contributed by atoms with van der Waals surface area (Å²) in [4.78, 5) is 41.2. The van der Waals surface area contributed by atoms with Crippen molar-refractivity contribution in [3.05, 3.63) is 28.1 Å². The Hall–Kier alpha value is -2.42. The lowest BCUT2D eigenvalue weighted by Gasteiger charge is -2.37. The van der Waals surface area contributed by atoms with Crippen LogP contribution in [-0.2, 0) is 18.6 Å². The van der Waals surface area contributed by atoms with Gasteiger partial charge in [-0.15, -0.1) is 0 Å². The average molecular weight is 760 g/mol. The number of imidazole rings is 1. The van der Waals surface area contributed by atoms with Crippen LogP contribution in [0.4, 0.5) is 5.95 Å². The van der Waals surface area contributed by atoms with E-state index in [4.69, 9.17) is 20.4 Å². The van der Waals surface area contributed by atoms with Crippen LogP contribution in [-0.4, -0.2) is 67.5 Å². The Kier molecular flexibility index (Phi) is 19.4. The second-order valence-corrected chi connectivity index (χ2v) is 17.8. The minimum absolute atomic E-state index is 0.104. The molecule has 0 bridgehead atoms. The van der Waals surface area contributed by atoms with Gasteiger partial charge >= 0.3 is 0 Å². The summed E-state index contributed by atoms with van der Waals surface area (Å²) in [6.45, 7) is 29.7. The highest BCUT2D eigenvalue weighted by Crippen LogP contribution is 2.50. The van der Waals surface area contributed by atoms with Gasteiger partial charge in [0.25, 0.3) is 14.1 Å². The number of anilines is 1. The Bertz CT molecular complexity index is 1470. The lowest BCUT2D eigenvalue weighted by molar-refractivity contribution is -0.117. The number of H-pyrrole nitrogens is 1. The molecule has 3 heterocycles. The molecule has 300 valence electrons. The summed E-state index contributed by atoms with van der Waals surface area (Å²) >= 11 is 0. The summed E-state index contributed by atoms with van der Waals surface area (Å²) in [5.41, 5.74) is 0.107. The number of rotatable bonds is 25. The lowest BCUT2D eigenvalue weighted by Crippen LogP contribution is -2.35. The molecule has 2 N–H and O–H groups in total. The molecule has 2 aromatic rings. The summed E-state index contributed by atoms with van der Waals surface area (Å²) in [6, 6.07) is 0.359. The van der Waals surface area contributed by atoms with Gasteiger partial charge in [-0.25, -0.2) is 16.2 Å². The molecule has 1 aliphatic heterocycles. The maximum Gasteiger partial charge on any atom is 0.280 e. The van der Waals surface area contributed by atoms with Gasteiger partial charge in [-0.3, -0.25) is 24.5 Å². The molecule has 0 spiro atoms. The fourth-order valence-electron chi connectivity index (χ4n) is 7.34. The van der Waals surface area contributed by atoms with Crippen molar-refractivity contribution in [3.63, 3.8) is 0 Å². The zero-order chi connectivity index (χ0) is 39.1. The smallest absolute Gasteiger partial charge is 0.280 e. The van der Waals surface area contributed by atoms with E-state index >= 15 is 0 Å². The number of carbonyl (C=O) groups is 1. The van der Waals surface area contributed by atoms with Crippen LogP contribution < -0.4 is 10.9 Å². The molecule has 4 unspecified atom stereocenters. The number of fused-ring (bicyclic) bond motifs is 1. The summed E-state index contributed by atoms with van der Waals surface area (Å²) < 4.78 is 23.3. The fraction of sp³-hybridized carbons (Fsp3) is 0.825. The first-order valence-corrected chi connectivity index (χ1v) is 21.5. The molecule has 0 aromatic carbocycles. The molecule has 0 radical (unpaired) electrons. The normalized spacial score (nSPS) is 20.1. The first-order chi connectivity index (χ1) is 25.2. The van der Waals surface area contributed by atoms with Crippen LogP contribution in [0.15, 0.2) is 11.1 Å². The highest BCUT2D eigenvalue weighted by Gasteiger charge is 2.41. The molecular weight excluding hydrogens is 689 g/mol. The van der Waals surface area contributed by atoms with Crippen molar-refractivity contribution >= 4 is 31.5 Å². The quantitative estimate of drug-likeness (QED) is 0.0582. The zero-order valence-corrected chi connectivity index (χ0v) is 35.3. The number of amides is 1. The van der Waals surface area contributed by atoms with Crippen molar-refractivity contribution in [1.82, 2.24) is 24.2 Å². The third kappa shape index (κ3) is 14.6. The number of aromatic amines is 1. The van der Waals surface area contributed by atoms with Crippen molar-refractivity contribution in [2.75, 3.05) is 18.5 Å². The van der Waals surface area contributed by atoms with Crippen molar-refractivity contribution < 1.29 is 18.6 Å². The monoisotopic (exact) mass is 760 g/mol. The molecule has 7 atom stereocenters.